The molecule has 6 nitrogen and oxygen atoms in total. The van der Waals surface area contributed by atoms with Crippen LogP contribution >= 0.6 is 0 Å². The summed E-state index contributed by atoms with van der Waals surface area (Å²) >= 11 is 0. The van der Waals surface area contributed by atoms with Gasteiger partial charge in [-0.3, -0.25) is 9.89 Å². The molecule has 0 fully saturated rings. The van der Waals surface area contributed by atoms with E-state index in [4.69, 9.17) is 9.47 Å². The van der Waals surface area contributed by atoms with Gasteiger partial charge in [0.25, 0.3) is 5.91 Å². The number of halogens is 2. The molecule has 0 unspecified atom stereocenters. The van der Waals surface area contributed by atoms with E-state index >= 15 is 0 Å². The summed E-state index contributed by atoms with van der Waals surface area (Å²) in [5.74, 6) is -1.18. The van der Waals surface area contributed by atoms with Crippen LogP contribution in [0.15, 0.2) is 54.6 Å². The third-order valence-electron chi connectivity index (χ3n) is 4.87. The van der Waals surface area contributed by atoms with Crippen LogP contribution in [-0.4, -0.2) is 30.3 Å². The van der Waals surface area contributed by atoms with Crippen LogP contribution in [0.4, 0.5) is 8.78 Å². The first-order valence-electron chi connectivity index (χ1n) is 9.43. The van der Waals surface area contributed by atoms with Gasteiger partial charge in [-0.2, -0.15) is 5.10 Å². The van der Waals surface area contributed by atoms with Crippen molar-refractivity contribution in [3.05, 3.63) is 77.4 Å². The fourth-order valence-electron chi connectivity index (χ4n) is 3.44. The molecule has 0 radical (unpaired) electrons. The van der Waals surface area contributed by atoms with E-state index < -0.39 is 17.5 Å². The zero-order valence-electron chi connectivity index (χ0n) is 16.8. The quantitative estimate of drug-likeness (QED) is 0.480. The summed E-state index contributed by atoms with van der Waals surface area (Å²) in [6.45, 7) is 0.165. The lowest BCUT2D eigenvalue weighted by atomic mass is 10.0. The molecule has 0 saturated carbocycles. The summed E-state index contributed by atoms with van der Waals surface area (Å²) < 4.78 is 39.2. The Balaban J connectivity index is 1.74. The highest BCUT2D eigenvalue weighted by molar-refractivity contribution is 6.07. The maximum absolute atomic E-state index is 14.9. The topological polar surface area (TPSA) is 76.2 Å². The van der Waals surface area contributed by atoms with Gasteiger partial charge in [0.1, 0.15) is 34.4 Å². The van der Waals surface area contributed by atoms with Crippen LogP contribution in [0.1, 0.15) is 15.9 Å². The van der Waals surface area contributed by atoms with Crippen molar-refractivity contribution in [3.8, 4) is 22.8 Å². The number of hydrogen-bond acceptors (Lipinski definition) is 4. The Morgan fingerprint density at radius 2 is 1.87 bits per heavy atom. The number of nitrogens with one attached hydrogen (secondary N) is 2. The second-order valence-corrected chi connectivity index (χ2v) is 6.81. The number of nitrogens with zero attached hydrogens (tertiary/aromatic N) is 1. The van der Waals surface area contributed by atoms with Gasteiger partial charge in [-0.05, 0) is 29.8 Å². The van der Waals surface area contributed by atoms with Crippen LogP contribution in [0.5, 0.6) is 11.5 Å². The van der Waals surface area contributed by atoms with E-state index in [1.807, 2.05) is 6.07 Å². The van der Waals surface area contributed by atoms with Gasteiger partial charge >= 0.3 is 0 Å². The molecule has 2 N–H and O–H groups in total. The highest BCUT2D eigenvalue weighted by atomic mass is 19.1. The number of rotatable bonds is 6. The Hall–Kier alpha value is -3.94. The number of fused-ring (bicyclic) bond motifs is 1. The number of hydrogen-bond donors (Lipinski definition) is 2. The molecule has 3 aromatic carbocycles. The maximum atomic E-state index is 14.9. The molecule has 0 aliphatic heterocycles. The van der Waals surface area contributed by atoms with Gasteiger partial charge in [-0.25, -0.2) is 8.78 Å². The molecule has 158 valence electrons. The maximum Gasteiger partial charge on any atom is 0.258 e. The lowest BCUT2D eigenvalue weighted by molar-refractivity contribution is 0.0944. The van der Waals surface area contributed by atoms with E-state index in [1.165, 1.54) is 25.3 Å². The third-order valence-corrected chi connectivity index (χ3v) is 4.87. The minimum Gasteiger partial charge on any atom is -0.497 e. The first kappa shape index (κ1) is 20.3. The van der Waals surface area contributed by atoms with Gasteiger partial charge in [-0.15, -0.1) is 0 Å². The van der Waals surface area contributed by atoms with E-state index in [-0.39, 0.29) is 17.9 Å². The number of aromatic amines is 1. The Morgan fingerprint density at radius 3 is 2.61 bits per heavy atom. The summed E-state index contributed by atoms with van der Waals surface area (Å²) in [6, 6.07) is 14.2. The lowest BCUT2D eigenvalue weighted by Crippen LogP contribution is -2.24. The van der Waals surface area contributed by atoms with Crippen LogP contribution in [0, 0.1) is 11.6 Å². The number of aromatic nitrogens is 2. The molecule has 1 aromatic heterocycles. The fourth-order valence-corrected chi connectivity index (χ4v) is 3.44. The third kappa shape index (κ3) is 3.92. The first-order chi connectivity index (χ1) is 15.0. The lowest BCUT2D eigenvalue weighted by Gasteiger charge is -2.13. The summed E-state index contributed by atoms with van der Waals surface area (Å²) in [6.07, 6.45) is 0. The SMILES string of the molecule is COc1cccc(CNC(=O)c2c(F)cc3[nH]nc(-c4cccc(F)c4)c3c2OC)c1. The van der Waals surface area contributed by atoms with Crippen molar-refractivity contribution in [2.45, 2.75) is 6.54 Å². The van der Waals surface area contributed by atoms with Crippen molar-refractivity contribution in [1.29, 1.82) is 0 Å². The number of carbonyl (C=O) groups excluding carboxylic acids is 1. The molecule has 0 saturated heterocycles. The Morgan fingerprint density at radius 1 is 1.06 bits per heavy atom. The predicted octanol–water partition coefficient (Wildman–Crippen LogP) is 4.46. The molecule has 1 amide bonds. The number of H-pyrrole nitrogens is 1. The normalized spacial score (nSPS) is 10.8. The molecule has 8 heteroatoms. The number of methoxy groups -OCH3 is 2. The van der Waals surface area contributed by atoms with Crippen molar-refractivity contribution in [3.63, 3.8) is 0 Å². The summed E-state index contributed by atoms with van der Waals surface area (Å²) in [4.78, 5) is 12.9. The van der Waals surface area contributed by atoms with E-state index in [9.17, 15) is 13.6 Å². The number of carbonyl (C=O) groups is 1. The summed E-state index contributed by atoms with van der Waals surface area (Å²) in [5.41, 5.74) is 1.69. The van der Waals surface area contributed by atoms with Crippen LogP contribution in [-0.2, 0) is 6.54 Å². The zero-order valence-corrected chi connectivity index (χ0v) is 16.8. The molecule has 0 atom stereocenters. The van der Waals surface area contributed by atoms with Crippen molar-refractivity contribution < 1.29 is 23.0 Å². The zero-order chi connectivity index (χ0) is 22.0. The van der Waals surface area contributed by atoms with Gasteiger partial charge in [0.2, 0.25) is 0 Å². The summed E-state index contributed by atoms with van der Waals surface area (Å²) in [5, 5.41) is 10.00. The first-order valence-corrected chi connectivity index (χ1v) is 9.43. The van der Waals surface area contributed by atoms with E-state index in [0.717, 1.165) is 5.56 Å². The monoisotopic (exact) mass is 423 g/mol. The smallest absolute Gasteiger partial charge is 0.258 e. The van der Waals surface area contributed by atoms with Crippen molar-refractivity contribution in [2.75, 3.05) is 14.2 Å². The highest BCUT2D eigenvalue weighted by Crippen LogP contribution is 2.37. The Bertz CT molecular complexity index is 1270. The minimum absolute atomic E-state index is 0.0196. The number of amides is 1. The van der Waals surface area contributed by atoms with Crippen molar-refractivity contribution >= 4 is 16.8 Å². The fraction of sp³-hybridized carbons (Fsp3) is 0.130. The van der Waals surface area contributed by atoms with Crippen LogP contribution < -0.4 is 14.8 Å². The standard InChI is InChI=1S/C23H19F2N3O3/c1-30-16-8-3-5-13(9-16)12-26-23(29)19-17(25)11-18-20(22(19)31-2)21(28-27-18)14-6-4-7-15(24)10-14/h3-11H,12H2,1-2H3,(H,26,29)(H,27,28). The predicted molar refractivity (Wildman–Crippen MR) is 112 cm³/mol. The Labute approximate surface area is 176 Å². The van der Waals surface area contributed by atoms with Gasteiger partial charge in [0.05, 0.1) is 25.1 Å². The highest BCUT2D eigenvalue weighted by Gasteiger charge is 2.25. The van der Waals surface area contributed by atoms with E-state index in [2.05, 4.69) is 15.5 Å². The Kier molecular flexibility index (Phi) is 5.53. The minimum atomic E-state index is -0.762. The van der Waals surface area contributed by atoms with Crippen LogP contribution in [0.3, 0.4) is 0 Å². The van der Waals surface area contributed by atoms with Crippen LogP contribution in [0.2, 0.25) is 0 Å². The molecular formula is C23H19F2N3O3. The molecule has 31 heavy (non-hydrogen) atoms. The molecule has 1 heterocycles. The number of benzene rings is 3. The second-order valence-electron chi connectivity index (χ2n) is 6.81. The van der Waals surface area contributed by atoms with E-state index in [0.29, 0.717) is 27.9 Å². The van der Waals surface area contributed by atoms with E-state index in [1.54, 1.807) is 37.4 Å². The summed E-state index contributed by atoms with van der Waals surface area (Å²) in [7, 11) is 2.89. The molecule has 4 rings (SSSR count). The number of ether oxygens (including phenoxy) is 2. The van der Waals surface area contributed by atoms with Crippen molar-refractivity contribution in [2.24, 2.45) is 0 Å². The van der Waals surface area contributed by atoms with Crippen molar-refractivity contribution in [1.82, 2.24) is 15.5 Å². The largest absolute Gasteiger partial charge is 0.497 e. The van der Waals surface area contributed by atoms with Gasteiger partial charge < -0.3 is 14.8 Å². The molecular weight excluding hydrogens is 404 g/mol. The van der Waals surface area contributed by atoms with Gasteiger partial charge in [-0.1, -0.05) is 24.3 Å². The average Bonchev–Trinajstić information content (AvgIpc) is 3.20. The van der Waals surface area contributed by atoms with Gasteiger partial charge in [0.15, 0.2) is 0 Å². The molecule has 0 aliphatic carbocycles. The molecule has 0 bridgehead atoms. The molecule has 0 spiro atoms. The van der Waals surface area contributed by atoms with Crippen LogP contribution in [0.25, 0.3) is 22.2 Å². The average molecular weight is 423 g/mol. The van der Waals surface area contributed by atoms with Gasteiger partial charge in [0, 0.05) is 18.2 Å². The second kappa shape index (κ2) is 8.43. The molecule has 0 aliphatic rings. The molecule has 4 aromatic rings.